The normalized spacial score (nSPS) is 13.0. The molecule has 14 nitrogen and oxygen atoms in total. The molecule has 0 atom stereocenters. The van der Waals surface area contributed by atoms with Crippen LogP contribution in [0.2, 0.25) is 42.4 Å². The van der Waals surface area contributed by atoms with Crippen molar-refractivity contribution in [1.29, 1.82) is 0 Å². The van der Waals surface area contributed by atoms with Crippen LogP contribution in [0.25, 0.3) is 19.4 Å². The molecule has 0 unspecified atom stereocenters. The van der Waals surface area contributed by atoms with Crippen molar-refractivity contribution >= 4 is 107 Å². The summed E-state index contributed by atoms with van der Waals surface area (Å²) < 4.78 is 45.7. The zero-order valence-electron chi connectivity index (χ0n) is 47.6. The Morgan fingerprint density at radius 3 is 1.31 bits per heavy atom. The van der Waals surface area contributed by atoms with E-state index in [0.717, 1.165) is 50.6 Å². The highest BCUT2D eigenvalue weighted by atomic mass is 35.5. The predicted octanol–water partition coefficient (Wildman–Crippen LogP) is 15.8. The van der Waals surface area contributed by atoms with Gasteiger partial charge < -0.3 is 37.6 Å². The van der Waals surface area contributed by atoms with Gasteiger partial charge in [0.15, 0.2) is 5.69 Å². The van der Waals surface area contributed by atoms with E-state index in [1.807, 2.05) is 126 Å². The van der Waals surface area contributed by atoms with Gasteiger partial charge in [-0.2, -0.15) is 0 Å². The molecule has 4 aliphatic heterocycles. The highest BCUT2D eigenvalue weighted by Crippen LogP contribution is 2.38. The molecule has 0 radical (unpaired) electrons. The molecule has 0 fully saturated rings. The van der Waals surface area contributed by atoms with Gasteiger partial charge in [0.25, 0.3) is 0 Å². The Hall–Kier alpha value is -8.25. The summed E-state index contributed by atoms with van der Waals surface area (Å²) >= 11 is 18.3. The van der Waals surface area contributed by atoms with E-state index in [9.17, 15) is 0 Å². The van der Waals surface area contributed by atoms with Crippen LogP contribution in [0.5, 0.6) is 46.3 Å². The lowest BCUT2D eigenvalue weighted by Gasteiger charge is -2.12. The lowest BCUT2D eigenvalue weighted by Crippen LogP contribution is -2.23. The van der Waals surface area contributed by atoms with Crippen LogP contribution < -0.4 is 40.8 Å². The molecule has 0 saturated heterocycles. The van der Waals surface area contributed by atoms with Crippen LogP contribution in [0.1, 0.15) is 50.3 Å². The first-order valence-electron chi connectivity index (χ1n) is 26.8. The minimum absolute atomic E-state index is 0.121. The highest BCUT2D eigenvalue weighted by Gasteiger charge is 2.27. The Balaban J connectivity index is 0.000000134. The molecule has 0 N–H and O–H groups in total. The molecule has 0 bridgehead atoms. The molecule has 2 aromatic heterocycles. The molecule has 0 spiro atoms. The Kier molecular flexibility index (Phi) is 19.1. The second kappa shape index (κ2) is 26.5. The first-order valence-corrected chi connectivity index (χ1v) is 27.9. The lowest BCUT2D eigenvalue weighted by atomic mass is 9.64. The average Bonchev–Trinajstić information content (AvgIpc) is 4.12. The number of aromatic nitrogens is 2. The monoisotopic (exact) mass is 1170 g/mol. The van der Waals surface area contributed by atoms with Gasteiger partial charge in [0.1, 0.15) is 34.5 Å². The Bertz CT molecular complexity index is 3750. The Morgan fingerprint density at radius 2 is 0.857 bits per heavy atom. The number of halogens is 3. The van der Waals surface area contributed by atoms with Crippen LogP contribution in [-0.2, 0) is 45.0 Å². The van der Waals surface area contributed by atoms with Crippen molar-refractivity contribution < 1.29 is 37.6 Å². The van der Waals surface area contributed by atoms with E-state index in [4.69, 9.17) is 98.7 Å². The van der Waals surface area contributed by atoms with Crippen LogP contribution in [0, 0.1) is 60.9 Å². The zero-order valence-corrected chi connectivity index (χ0v) is 49.9. The molecule has 8 aromatic rings. The zero-order chi connectivity index (χ0) is 59.9. The van der Waals surface area contributed by atoms with Crippen LogP contribution in [0.15, 0.2) is 109 Å². The fraction of sp³-hybridized carbons (Fsp3) is 0.206. The molecular weight excluding hydrogens is 1120 g/mol. The fourth-order valence-electron chi connectivity index (χ4n) is 9.81. The summed E-state index contributed by atoms with van der Waals surface area (Å²) in [6.07, 6.45) is 0. The Labute approximate surface area is 506 Å². The van der Waals surface area contributed by atoms with Crippen molar-refractivity contribution in [1.82, 2.24) is 9.97 Å². The number of rotatable bonds is 8. The molecule has 0 saturated carbocycles. The number of nitrogens with zero attached hydrogens (tertiary/aromatic N) is 6. The van der Waals surface area contributed by atoms with Crippen LogP contribution in [0.3, 0.4) is 0 Å². The van der Waals surface area contributed by atoms with Gasteiger partial charge in [-0.05, 0) is 174 Å². The molecule has 416 valence electrons. The summed E-state index contributed by atoms with van der Waals surface area (Å²) in [6.45, 7) is 48.7. The van der Waals surface area contributed by atoms with Gasteiger partial charge in [0, 0.05) is 17.5 Å². The van der Waals surface area contributed by atoms with Gasteiger partial charge in [-0.3, -0.25) is 0 Å². The minimum atomic E-state index is 0.121. The van der Waals surface area contributed by atoms with Crippen LogP contribution in [0.4, 0.5) is 22.7 Å². The van der Waals surface area contributed by atoms with Gasteiger partial charge in [-0.25, -0.2) is 29.3 Å². The highest BCUT2D eigenvalue weighted by molar-refractivity contribution is 6.68. The van der Waals surface area contributed by atoms with E-state index in [1.54, 1.807) is 32.0 Å². The average molecular weight is 1170 g/mol. The van der Waals surface area contributed by atoms with E-state index in [1.165, 1.54) is 27.4 Å². The molecular formula is C63H53B4Cl3N6O8. The Morgan fingerprint density at radius 1 is 0.405 bits per heavy atom. The van der Waals surface area contributed by atoms with Gasteiger partial charge in [-0.15, -0.1) is 0 Å². The number of ether oxygens (including phenoxy) is 4. The third kappa shape index (κ3) is 13.9. The third-order valence-corrected chi connectivity index (χ3v) is 15.3. The maximum absolute atomic E-state index is 7.15. The molecule has 6 heterocycles. The van der Waals surface area contributed by atoms with Crippen molar-refractivity contribution in [3.8, 4) is 46.3 Å². The minimum Gasteiger partial charge on any atom is -0.457 e. The van der Waals surface area contributed by atoms with Crippen molar-refractivity contribution in [2.75, 3.05) is 0 Å². The van der Waals surface area contributed by atoms with Crippen LogP contribution in [-0.4, -0.2) is 37.6 Å². The van der Waals surface area contributed by atoms with E-state index < -0.39 is 0 Å². The number of hydrogen-bond donors (Lipinski definition) is 0. The predicted molar refractivity (Wildman–Crippen MR) is 335 cm³/mol. The molecule has 4 aliphatic rings. The molecule has 21 heteroatoms. The first-order chi connectivity index (χ1) is 40.3. The van der Waals surface area contributed by atoms with Gasteiger partial charge in [0.05, 0.1) is 67.8 Å². The quantitative estimate of drug-likeness (QED) is 0.108. The number of aryl methyl sites for hydroxylation is 5. The summed E-state index contributed by atoms with van der Waals surface area (Å²) in [5, 5.41) is 1.10. The maximum atomic E-state index is 7.15. The van der Waals surface area contributed by atoms with Crippen molar-refractivity contribution in [3.63, 3.8) is 0 Å². The summed E-state index contributed by atoms with van der Waals surface area (Å²) in [6, 6.07) is 34.1. The van der Waals surface area contributed by atoms with Crippen molar-refractivity contribution in [2.45, 2.75) is 88.3 Å². The van der Waals surface area contributed by atoms with Gasteiger partial charge >= 0.3 is 27.7 Å². The molecule has 12 rings (SSSR count). The van der Waals surface area contributed by atoms with E-state index in [0.29, 0.717) is 105 Å². The van der Waals surface area contributed by atoms with Crippen molar-refractivity contribution in [3.05, 3.63) is 220 Å². The molecule has 0 aliphatic carbocycles. The standard InChI is InChI=1S/C17H16BNO2.C16H13BClNO2.2C15H12BClN2O2/c1-11-8-17(12(2)7-16(11)19-4)21-14-5-6-15-13(9-14)10-20-18(15)3;1-10-6-13(8-15(18)16(10)19-3)21-12-4-5-14-11(7-12)9-20-17(14)2;1-9-15(18-3)13(17)7-14(19-9)21-11-4-5-12-10(6-11)8-20-16(12)2;1-9-14(18-3)7-13(17)15(19-9)21-11-4-5-12-10(6-11)8-20-16(12)2/h5-9H,10H2,1-3H3;4-8H,9H2,1-2H3;2*4-7H,8H2,1-2H3. The summed E-state index contributed by atoms with van der Waals surface area (Å²) in [5.41, 5.74) is 15.2. The number of hydrogen-bond acceptors (Lipinski definition) is 10. The second-order valence-corrected chi connectivity index (χ2v) is 21.6. The number of pyridine rings is 2. The van der Waals surface area contributed by atoms with E-state index in [-0.39, 0.29) is 27.7 Å². The number of fused-ring (bicyclic) bond motifs is 4. The number of benzene rings is 6. The lowest BCUT2D eigenvalue weighted by molar-refractivity contribution is 0.333. The summed E-state index contributed by atoms with van der Waals surface area (Å²) in [4.78, 5) is 22.2. The van der Waals surface area contributed by atoms with E-state index in [2.05, 4.69) is 42.2 Å². The third-order valence-electron chi connectivity index (χ3n) is 14.5. The van der Waals surface area contributed by atoms with E-state index >= 15 is 0 Å². The summed E-state index contributed by atoms with van der Waals surface area (Å²) in [7, 11) is 0. The second-order valence-electron chi connectivity index (χ2n) is 20.3. The topological polar surface area (TPSA) is 117 Å². The molecule has 0 amide bonds. The largest absolute Gasteiger partial charge is 0.457 e. The van der Waals surface area contributed by atoms with Crippen LogP contribution >= 0.6 is 34.8 Å². The van der Waals surface area contributed by atoms with Gasteiger partial charge in [0.2, 0.25) is 28.8 Å². The molecule has 6 aromatic carbocycles. The van der Waals surface area contributed by atoms with Gasteiger partial charge in [-0.1, -0.05) is 86.4 Å². The smallest absolute Gasteiger partial charge is 0.324 e. The molecule has 84 heavy (non-hydrogen) atoms. The van der Waals surface area contributed by atoms with Crippen molar-refractivity contribution in [2.24, 2.45) is 0 Å². The SMILES string of the molecule is [C-]#[N+]c1c(C)cc(Oc2ccc3c(c2)COB3C)cc1Cl.[C-]#[N+]c1c(Cl)cc(Oc2ccc3c(c2)COB3C)nc1C.[C-]#[N+]c1cc(C)c(Oc2ccc3c(c2)COB3C)cc1C.[C-]#[N+]c1cc(Cl)c(Oc2ccc3c(c2)COB3C)nc1C. The first kappa shape index (κ1) is 60.3. The summed E-state index contributed by atoms with van der Waals surface area (Å²) in [5.74, 6) is 5.04. The fourth-order valence-corrected chi connectivity index (χ4v) is 10.6. The maximum Gasteiger partial charge on any atom is 0.324 e.